The smallest absolute Gasteiger partial charge is 0.192 e. The van der Waals surface area contributed by atoms with Gasteiger partial charge in [-0.1, -0.05) is 103 Å². The van der Waals surface area contributed by atoms with Crippen LogP contribution in [0.15, 0.2) is 145 Å². The first-order chi connectivity index (χ1) is 22.1. The topological polar surface area (TPSA) is 71.5 Å². The van der Waals surface area contributed by atoms with Crippen LogP contribution in [0.5, 0.6) is 5.75 Å². The Balaban J connectivity index is 1.09. The molecule has 1 N–H and O–H groups in total. The van der Waals surface area contributed by atoms with E-state index in [2.05, 4.69) is 118 Å². The SMILES string of the molecule is O=S(=O)(CNCCOc1ccc(CC2CN(C(c3ccccc3)(c3ccccc3)c3ccccc3)CS2)cc1)c1cccnc1. The van der Waals surface area contributed by atoms with Crippen LogP contribution < -0.4 is 10.1 Å². The van der Waals surface area contributed by atoms with Gasteiger partial charge in [0.05, 0.1) is 10.4 Å². The van der Waals surface area contributed by atoms with Crippen LogP contribution in [0.1, 0.15) is 22.3 Å². The number of benzene rings is 4. The molecule has 230 valence electrons. The summed E-state index contributed by atoms with van der Waals surface area (Å²) in [7, 11) is -3.42. The van der Waals surface area contributed by atoms with Crippen LogP contribution in [-0.4, -0.2) is 55.0 Å². The lowest BCUT2D eigenvalue weighted by Crippen LogP contribution is -2.47. The second kappa shape index (κ2) is 14.4. The summed E-state index contributed by atoms with van der Waals surface area (Å²) in [6.07, 6.45) is 3.88. The van der Waals surface area contributed by atoms with Gasteiger partial charge in [0.2, 0.25) is 0 Å². The third-order valence-electron chi connectivity index (χ3n) is 8.16. The zero-order chi connectivity index (χ0) is 31.0. The van der Waals surface area contributed by atoms with Crippen molar-refractivity contribution in [3.8, 4) is 5.75 Å². The third kappa shape index (κ3) is 7.15. The fourth-order valence-corrected chi connectivity index (χ4v) is 8.41. The molecule has 6 rings (SSSR count). The molecule has 0 radical (unpaired) electrons. The van der Waals surface area contributed by atoms with Crippen molar-refractivity contribution in [2.45, 2.75) is 22.1 Å². The van der Waals surface area contributed by atoms with Crippen LogP contribution in [0, 0.1) is 0 Å². The minimum absolute atomic E-state index is 0.156. The van der Waals surface area contributed by atoms with Gasteiger partial charge >= 0.3 is 0 Å². The van der Waals surface area contributed by atoms with Gasteiger partial charge < -0.3 is 4.74 Å². The van der Waals surface area contributed by atoms with Crippen molar-refractivity contribution in [1.82, 2.24) is 15.2 Å². The lowest BCUT2D eigenvalue weighted by Gasteiger charge is -2.43. The molecule has 0 spiro atoms. The molecular weight excluding hydrogens is 599 g/mol. The zero-order valence-electron chi connectivity index (χ0n) is 25.0. The molecule has 0 saturated carbocycles. The predicted octanol–water partition coefficient (Wildman–Crippen LogP) is 6.39. The van der Waals surface area contributed by atoms with E-state index in [1.807, 2.05) is 23.9 Å². The van der Waals surface area contributed by atoms with Gasteiger partial charge in [-0.05, 0) is 52.9 Å². The fourth-order valence-electron chi connectivity index (χ4n) is 6.04. The van der Waals surface area contributed by atoms with Crippen LogP contribution in [0.4, 0.5) is 0 Å². The van der Waals surface area contributed by atoms with Gasteiger partial charge in [0.1, 0.15) is 18.2 Å². The molecule has 1 unspecified atom stereocenters. The molecule has 6 nitrogen and oxygen atoms in total. The Morgan fingerprint density at radius 1 is 0.800 bits per heavy atom. The molecule has 1 saturated heterocycles. The molecule has 45 heavy (non-hydrogen) atoms. The van der Waals surface area contributed by atoms with Crippen LogP contribution >= 0.6 is 11.8 Å². The molecule has 5 aromatic rings. The maximum Gasteiger partial charge on any atom is 0.192 e. The molecule has 1 atom stereocenters. The van der Waals surface area contributed by atoms with Crippen LogP contribution in [-0.2, 0) is 21.8 Å². The number of sulfone groups is 1. The Morgan fingerprint density at radius 3 is 1.96 bits per heavy atom. The molecule has 0 bridgehead atoms. The minimum Gasteiger partial charge on any atom is -0.492 e. The quantitative estimate of drug-likeness (QED) is 0.119. The molecular formula is C37H37N3O3S2. The van der Waals surface area contributed by atoms with E-state index >= 15 is 0 Å². The Bertz CT molecular complexity index is 1640. The van der Waals surface area contributed by atoms with Gasteiger partial charge in [0.25, 0.3) is 0 Å². The maximum absolute atomic E-state index is 12.4. The molecule has 0 amide bonds. The zero-order valence-corrected chi connectivity index (χ0v) is 26.7. The standard InChI is InChI=1S/C37H37N3O3S2/c41-45(42,36-17-10-22-38-26-36)28-39-23-24-43-34-20-18-30(19-21-34)25-35-27-40(29-44-35)37(31-11-4-1-5-12-31,32-13-6-2-7-14-32)33-15-8-3-9-16-33/h1-22,26,35,39H,23-25,27-29H2. The molecule has 0 aliphatic carbocycles. The number of pyridine rings is 1. The van der Waals surface area contributed by atoms with Gasteiger partial charge in [-0.2, -0.15) is 0 Å². The molecule has 1 aromatic heterocycles. The number of ether oxygens (including phenoxy) is 1. The number of hydrogen-bond donors (Lipinski definition) is 1. The molecule has 8 heteroatoms. The van der Waals surface area contributed by atoms with Crippen molar-refractivity contribution < 1.29 is 13.2 Å². The summed E-state index contributed by atoms with van der Waals surface area (Å²) in [4.78, 5) is 6.74. The van der Waals surface area contributed by atoms with Crippen LogP contribution in [0.25, 0.3) is 0 Å². The summed E-state index contributed by atoms with van der Waals surface area (Å²) in [6.45, 7) is 1.74. The molecule has 1 fully saturated rings. The van der Waals surface area contributed by atoms with E-state index in [0.717, 1.165) is 24.6 Å². The summed E-state index contributed by atoms with van der Waals surface area (Å²) in [5.74, 6) is 1.54. The van der Waals surface area contributed by atoms with Gasteiger partial charge in [0, 0.05) is 36.6 Å². The second-order valence-corrected chi connectivity index (χ2v) is 14.3. The third-order valence-corrected chi connectivity index (χ3v) is 11.0. The van der Waals surface area contributed by atoms with Crippen LogP contribution in [0.3, 0.4) is 0 Å². The summed E-state index contributed by atoms with van der Waals surface area (Å²) in [6, 6.07) is 44.1. The number of aromatic nitrogens is 1. The highest BCUT2D eigenvalue weighted by Crippen LogP contribution is 2.46. The maximum atomic E-state index is 12.4. The van der Waals surface area contributed by atoms with E-state index in [1.54, 1.807) is 18.3 Å². The van der Waals surface area contributed by atoms with Gasteiger partial charge in [0.15, 0.2) is 9.84 Å². The highest BCUT2D eigenvalue weighted by molar-refractivity contribution is 8.00. The lowest BCUT2D eigenvalue weighted by molar-refractivity contribution is 0.202. The average Bonchev–Trinajstić information content (AvgIpc) is 3.56. The van der Waals surface area contributed by atoms with Crippen molar-refractivity contribution in [3.63, 3.8) is 0 Å². The fraction of sp³-hybridized carbons (Fsp3) is 0.216. The highest BCUT2D eigenvalue weighted by atomic mass is 32.2. The van der Waals surface area contributed by atoms with E-state index in [9.17, 15) is 8.42 Å². The monoisotopic (exact) mass is 635 g/mol. The van der Waals surface area contributed by atoms with Crippen molar-refractivity contribution >= 4 is 21.6 Å². The van der Waals surface area contributed by atoms with E-state index in [1.165, 1.54) is 28.5 Å². The first kappa shape index (κ1) is 31.0. The first-order valence-electron chi connectivity index (χ1n) is 15.1. The summed E-state index contributed by atoms with van der Waals surface area (Å²) in [5.41, 5.74) is 4.69. The normalized spacial score (nSPS) is 15.6. The van der Waals surface area contributed by atoms with Gasteiger partial charge in [-0.25, -0.2) is 8.42 Å². The van der Waals surface area contributed by atoms with Crippen LogP contribution in [0.2, 0.25) is 0 Å². The Kier molecular flexibility index (Phi) is 9.96. The number of nitrogens with one attached hydrogen (secondary N) is 1. The van der Waals surface area contributed by atoms with Gasteiger partial charge in [-0.15, -0.1) is 11.8 Å². The van der Waals surface area contributed by atoms with Crippen molar-refractivity contribution in [3.05, 3.63) is 162 Å². The lowest BCUT2D eigenvalue weighted by atomic mass is 9.75. The summed E-state index contributed by atoms with van der Waals surface area (Å²) < 4.78 is 30.7. The Morgan fingerprint density at radius 2 is 1.40 bits per heavy atom. The van der Waals surface area contributed by atoms with E-state index < -0.39 is 15.4 Å². The second-order valence-electron chi connectivity index (χ2n) is 11.1. The van der Waals surface area contributed by atoms with E-state index in [4.69, 9.17) is 4.74 Å². The number of nitrogens with zero attached hydrogens (tertiary/aromatic N) is 2. The molecule has 1 aliphatic heterocycles. The van der Waals surface area contributed by atoms with E-state index in [-0.39, 0.29) is 10.8 Å². The molecule has 4 aromatic carbocycles. The Hall–Kier alpha value is -3.95. The first-order valence-corrected chi connectivity index (χ1v) is 17.8. The van der Waals surface area contributed by atoms with Crippen molar-refractivity contribution in [2.24, 2.45) is 0 Å². The van der Waals surface area contributed by atoms with Crippen molar-refractivity contribution in [2.75, 3.05) is 31.4 Å². The average molecular weight is 636 g/mol. The number of thioether (sulfide) groups is 1. The van der Waals surface area contributed by atoms with Gasteiger partial charge in [-0.3, -0.25) is 15.2 Å². The Labute approximate surface area is 270 Å². The van der Waals surface area contributed by atoms with Crippen molar-refractivity contribution in [1.29, 1.82) is 0 Å². The molecule has 1 aliphatic rings. The minimum atomic E-state index is -3.42. The summed E-state index contributed by atoms with van der Waals surface area (Å²) in [5, 5.41) is 3.40. The molecule has 2 heterocycles. The largest absolute Gasteiger partial charge is 0.492 e. The van der Waals surface area contributed by atoms with E-state index in [0.29, 0.717) is 18.4 Å². The summed E-state index contributed by atoms with van der Waals surface area (Å²) >= 11 is 2.01. The number of hydrogen-bond acceptors (Lipinski definition) is 7. The highest BCUT2D eigenvalue weighted by Gasteiger charge is 2.45. The predicted molar refractivity (Wildman–Crippen MR) is 182 cm³/mol. The number of rotatable bonds is 13.